The molecule has 0 heterocycles. The molecule has 1 aliphatic carbocycles. The van der Waals surface area contributed by atoms with Crippen molar-refractivity contribution in [2.45, 2.75) is 39.0 Å². The van der Waals surface area contributed by atoms with Crippen LogP contribution in [0.25, 0.3) is 6.08 Å². The first-order valence-corrected chi connectivity index (χ1v) is 7.39. The van der Waals surface area contributed by atoms with E-state index in [0.717, 1.165) is 48.6 Å². The van der Waals surface area contributed by atoms with Gasteiger partial charge in [0.2, 0.25) is 5.91 Å². The standard InChI is InChI=1S/C17H21NO3/c1-12-7-8-13(9-10-16(19)20)11-15(12)18-17(21)14-5-3-2-4-6-14/h7-11,14H,2-6H2,1H3,(H,18,21)(H,19,20)/b10-9+. The van der Waals surface area contributed by atoms with Crippen LogP contribution in [0.1, 0.15) is 43.2 Å². The fourth-order valence-electron chi connectivity index (χ4n) is 2.65. The van der Waals surface area contributed by atoms with Crippen LogP contribution in [0.3, 0.4) is 0 Å². The van der Waals surface area contributed by atoms with Crippen LogP contribution < -0.4 is 5.32 Å². The minimum absolute atomic E-state index is 0.0807. The van der Waals surface area contributed by atoms with Gasteiger partial charge in [-0.15, -0.1) is 0 Å². The first-order chi connectivity index (χ1) is 10.1. The molecule has 1 fully saturated rings. The minimum atomic E-state index is -0.983. The number of anilines is 1. The summed E-state index contributed by atoms with van der Waals surface area (Å²) in [6.45, 7) is 1.93. The van der Waals surface area contributed by atoms with E-state index in [1.165, 1.54) is 12.5 Å². The highest BCUT2D eigenvalue weighted by Gasteiger charge is 2.21. The van der Waals surface area contributed by atoms with Gasteiger partial charge in [-0.2, -0.15) is 0 Å². The zero-order valence-corrected chi connectivity index (χ0v) is 12.3. The first kappa shape index (κ1) is 15.3. The van der Waals surface area contributed by atoms with Gasteiger partial charge in [-0.05, 0) is 43.0 Å². The van der Waals surface area contributed by atoms with Crippen LogP contribution in [0.5, 0.6) is 0 Å². The Morgan fingerprint density at radius 1 is 1.24 bits per heavy atom. The van der Waals surface area contributed by atoms with Gasteiger partial charge >= 0.3 is 5.97 Å². The molecule has 0 saturated heterocycles. The maximum absolute atomic E-state index is 12.3. The summed E-state index contributed by atoms with van der Waals surface area (Å²) >= 11 is 0. The number of hydrogen-bond acceptors (Lipinski definition) is 2. The molecule has 2 N–H and O–H groups in total. The summed E-state index contributed by atoms with van der Waals surface area (Å²) in [7, 11) is 0. The summed E-state index contributed by atoms with van der Waals surface area (Å²) in [5.74, 6) is -0.795. The SMILES string of the molecule is Cc1ccc(/C=C/C(=O)O)cc1NC(=O)C1CCCCC1. The van der Waals surface area contributed by atoms with Crippen LogP contribution in [0.4, 0.5) is 5.69 Å². The van der Waals surface area contributed by atoms with E-state index < -0.39 is 5.97 Å². The molecule has 0 atom stereocenters. The Morgan fingerprint density at radius 3 is 2.62 bits per heavy atom. The van der Waals surface area contributed by atoms with E-state index in [1.54, 1.807) is 0 Å². The molecule has 21 heavy (non-hydrogen) atoms. The molecule has 0 radical (unpaired) electrons. The highest BCUT2D eigenvalue weighted by molar-refractivity contribution is 5.94. The van der Waals surface area contributed by atoms with E-state index in [1.807, 2.05) is 25.1 Å². The van der Waals surface area contributed by atoms with Crippen LogP contribution in [-0.2, 0) is 9.59 Å². The molecule has 0 bridgehead atoms. The largest absolute Gasteiger partial charge is 0.478 e. The Hall–Kier alpha value is -2.10. The molecule has 1 aliphatic rings. The van der Waals surface area contributed by atoms with Gasteiger partial charge in [0.15, 0.2) is 0 Å². The summed E-state index contributed by atoms with van der Waals surface area (Å²) in [6.07, 6.45) is 8.01. The number of nitrogens with one attached hydrogen (secondary N) is 1. The maximum atomic E-state index is 12.3. The van der Waals surface area contributed by atoms with Gasteiger partial charge in [0, 0.05) is 17.7 Å². The van der Waals surface area contributed by atoms with Gasteiger partial charge in [0.25, 0.3) is 0 Å². The van der Waals surface area contributed by atoms with Crippen molar-refractivity contribution in [1.82, 2.24) is 0 Å². The highest BCUT2D eigenvalue weighted by Crippen LogP contribution is 2.26. The van der Waals surface area contributed by atoms with Gasteiger partial charge in [-0.3, -0.25) is 4.79 Å². The zero-order valence-electron chi connectivity index (χ0n) is 12.3. The Balaban J connectivity index is 2.09. The molecule has 1 aromatic rings. The summed E-state index contributed by atoms with van der Waals surface area (Å²) in [6, 6.07) is 5.54. The molecule has 0 spiro atoms. The molecule has 4 nitrogen and oxygen atoms in total. The Kier molecular flexibility index (Phi) is 5.14. The molecular formula is C17H21NO3. The molecule has 0 unspecified atom stereocenters. The van der Waals surface area contributed by atoms with Crippen molar-refractivity contribution in [3.63, 3.8) is 0 Å². The number of aliphatic carboxylic acids is 1. The Labute approximate surface area is 124 Å². The van der Waals surface area contributed by atoms with Crippen molar-refractivity contribution in [3.8, 4) is 0 Å². The number of carboxylic acid groups (broad SMARTS) is 1. The average Bonchev–Trinajstić information content (AvgIpc) is 2.48. The van der Waals surface area contributed by atoms with Gasteiger partial charge < -0.3 is 10.4 Å². The number of amides is 1. The zero-order chi connectivity index (χ0) is 15.2. The third-order valence-electron chi connectivity index (χ3n) is 3.91. The second kappa shape index (κ2) is 7.07. The first-order valence-electron chi connectivity index (χ1n) is 7.39. The third-order valence-corrected chi connectivity index (χ3v) is 3.91. The van der Waals surface area contributed by atoms with Crippen LogP contribution in [-0.4, -0.2) is 17.0 Å². The number of aryl methyl sites for hydroxylation is 1. The summed E-state index contributed by atoms with van der Waals surface area (Å²) in [5.41, 5.74) is 2.51. The smallest absolute Gasteiger partial charge is 0.328 e. The van der Waals surface area contributed by atoms with E-state index in [4.69, 9.17) is 5.11 Å². The van der Waals surface area contributed by atoms with E-state index in [9.17, 15) is 9.59 Å². The maximum Gasteiger partial charge on any atom is 0.328 e. The van der Waals surface area contributed by atoms with Gasteiger partial charge in [0.1, 0.15) is 0 Å². The Morgan fingerprint density at radius 2 is 1.95 bits per heavy atom. The van der Waals surface area contributed by atoms with Crippen molar-refractivity contribution >= 4 is 23.6 Å². The van der Waals surface area contributed by atoms with Crippen molar-refractivity contribution < 1.29 is 14.7 Å². The fraction of sp³-hybridized carbons (Fsp3) is 0.412. The van der Waals surface area contributed by atoms with Crippen molar-refractivity contribution in [1.29, 1.82) is 0 Å². The number of carboxylic acids is 1. The van der Waals surface area contributed by atoms with Gasteiger partial charge in [0.05, 0.1) is 0 Å². The van der Waals surface area contributed by atoms with Gasteiger partial charge in [-0.1, -0.05) is 31.4 Å². The van der Waals surface area contributed by atoms with E-state index >= 15 is 0 Å². The van der Waals surface area contributed by atoms with Crippen molar-refractivity contribution in [2.75, 3.05) is 5.32 Å². The highest BCUT2D eigenvalue weighted by atomic mass is 16.4. The summed E-state index contributed by atoms with van der Waals surface area (Å²) < 4.78 is 0. The number of rotatable bonds is 4. The van der Waals surface area contributed by atoms with Crippen LogP contribution in [0, 0.1) is 12.8 Å². The molecule has 112 valence electrons. The quantitative estimate of drug-likeness (QED) is 0.831. The average molecular weight is 287 g/mol. The molecular weight excluding hydrogens is 266 g/mol. The normalized spacial score (nSPS) is 16.0. The molecule has 1 saturated carbocycles. The molecule has 0 aromatic heterocycles. The van der Waals surface area contributed by atoms with E-state index in [-0.39, 0.29) is 11.8 Å². The van der Waals surface area contributed by atoms with Crippen LogP contribution in [0.15, 0.2) is 24.3 Å². The van der Waals surface area contributed by atoms with Crippen LogP contribution >= 0.6 is 0 Å². The van der Waals surface area contributed by atoms with Crippen molar-refractivity contribution in [2.24, 2.45) is 5.92 Å². The number of hydrogen-bond donors (Lipinski definition) is 2. The third kappa shape index (κ3) is 4.45. The molecule has 1 aromatic carbocycles. The van der Waals surface area contributed by atoms with E-state index in [0.29, 0.717) is 0 Å². The Bertz CT molecular complexity index is 557. The van der Waals surface area contributed by atoms with Crippen LogP contribution in [0.2, 0.25) is 0 Å². The second-order valence-electron chi connectivity index (χ2n) is 5.57. The number of benzene rings is 1. The molecule has 0 aliphatic heterocycles. The number of carbonyl (C=O) groups excluding carboxylic acids is 1. The summed E-state index contributed by atoms with van der Waals surface area (Å²) in [5, 5.41) is 11.6. The second-order valence-corrected chi connectivity index (χ2v) is 5.57. The monoisotopic (exact) mass is 287 g/mol. The topological polar surface area (TPSA) is 66.4 Å². The predicted molar refractivity (Wildman–Crippen MR) is 83.1 cm³/mol. The van der Waals surface area contributed by atoms with Gasteiger partial charge in [-0.25, -0.2) is 4.79 Å². The molecule has 4 heteroatoms. The summed E-state index contributed by atoms with van der Waals surface area (Å²) in [4.78, 5) is 22.8. The molecule has 2 rings (SSSR count). The predicted octanol–water partition coefficient (Wildman–Crippen LogP) is 3.61. The minimum Gasteiger partial charge on any atom is -0.478 e. The molecule has 1 amide bonds. The van der Waals surface area contributed by atoms with E-state index in [2.05, 4.69) is 5.32 Å². The lowest BCUT2D eigenvalue weighted by molar-refractivity contribution is -0.131. The fourth-order valence-corrected chi connectivity index (χ4v) is 2.65. The van der Waals surface area contributed by atoms with Crippen molar-refractivity contribution in [3.05, 3.63) is 35.4 Å². The lowest BCUT2D eigenvalue weighted by Crippen LogP contribution is -2.25. The lowest BCUT2D eigenvalue weighted by Gasteiger charge is -2.21. The number of carbonyl (C=O) groups is 2. The lowest BCUT2D eigenvalue weighted by atomic mass is 9.88.